The van der Waals surface area contributed by atoms with E-state index in [1.54, 1.807) is 18.2 Å². The molecule has 0 aliphatic heterocycles. The van der Waals surface area contributed by atoms with Crippen LogP contribution in [0.25, 0.3) is 0 Å². The molecule has 37 heavy (non-hydrogen) atoms. The molecule has 7 nitrogen and oxygen atoms in total. The molecule has 0 spiro atoms. The number of carboxylic acid groups (broad SMARTS) is 1. The average molecular weight is 643 g/mol. The van der Waals surface area contributed by atoms with Gasteiger partial charge in [0.15, 0.2) is 0 Å². The van der Waals surface area contributed by atoms with E-state index in [0.29, 0.717) is 34.7 Å². The van der Waals surface area contributed by atoms with E-state index >= 15 is 0 Å². The van der Waals surface area contributed by atoms with E-state index in [4.69, 9.17) is 29.3 Å². The van der Waals surface area contributed by atoms with Crippen LogP contribution < -0.4 is 9.47 Å². The summed E-state index contributed by atoms with van der Waals surface area (Å²) >= 11 is 6.62. The van der Waals surface area contributed by atoms with Gasteiger partial charge in [0.2, 0.25) is 0 Å². The highest BCUT2D eigenvalue weighted by Crippen LogP contribution is 2.24. The molecular formula is C28H37Br2NO6. The number of carbonyl (C=O) groups is 1. The Morgan fingerprint density at radius 3 is 1.68 bits per heavy atom. The zero-order valence-electron chi connectivity index (χ0n) is 22.7. The average Bonchev–Trinajstić information content (AvgIpc) is 2.75. The van der Waals surface area contributed by atoms with Gasteiger partial charge in [0.05, 0.1) is 41.6 Å². The molecule has 2 aromatic rings. The van der Waals surface area contributed by atoms with Crippen molar-refractivity contribution in [3.05, 3.63) is 56.5 Å². The van der Waals surface area contributed by atoms with Crippen molar-refractivity contribution in [2.45, 2.75) is 78.8 Å². The minimum atomic E-state index is -0.982. The largest absolute Gasteiger partial charge is 0.488 e. The number of aromatic carboxylic acids is 1. The third-order valence-corrected chi connectivity index (χ3v) is 5.21. The molecule has 0 aliphatic rings. The lowest BCUT2D eigenvalue weighted by Gasteiger charge is -2.23. The first kappa shape index (κ1) is 32.9. The summed E-state index contributed by atoms with van der Waals surface area (Å²) in [5.41, 5.74) is 0.366. The number of rotatable bonds is 9. The van der Waals surface area contributed by atoms with E-state index in [-0.39, 0.29) is 29.0 Å². The monoisotopic (exact) mass is 641 g/mol. The molecule has 0 unspecified atom stereocenters. The Kier molecular flexibility index (Phi) is 13.1. The zero-order chi connectivity index (χ0) is 28.4. The van der Waals surface area contributed by atoms with Gasteiger partial charge in [0.25, 0.3) is 0 Å². The van der Waals surface area contributed by atoms with Crippen molar-refractivity contribution in [1.82, 2.24) is 0 Å². The Bertz CT molecular complexity index is 1070. The predicted octanol–water partition coefficient (Wildman–Crippen LogP) is 7.63. The van der Waals surface area contributed by atoms with Gasteiger partial charge in [0.1, 0.15) is 23.7 Å². The fourth-order valence-electron chi connectivity index (χ4n) is 2.72. The second kappa shape index (κ2) is 14.7. The molecule has 0 saturated carbocycles. The normalized spacial score (nSPS) is 13.0. The molecule has 0 heterocycles. The van der Waals surface area contributed by atoms with Crippen LogP contribution in [0.4, 0.5) is 0 Å². The summed E-state index contributed by atoms with van der Waals surface area (Å²) in [5.74, 6) is 0.201. The van der Waals surface area contributed by atoms with Gasteiger partial charge in [-0.1, -0.05) is 31.9 Å². The zero-order valence-corrected chi connectivity index (χ0v) is 25.9. The second-order valence-electron chi connectivity index (χ2n) is 10.5. The minimum Gasteiger partial charge on any atom is -0.488 e. The third kappa shape index (κ3) is 15.0. The minimum absolute atomic E-state index is 0.0648. The molecular weight excluding hydrogens is 606 g/mol. The van der Waals surface area contributed by atoms with Crippen molar-refractivity contribution in [3.63, 3.8) is 0 Å². The van der Waals surface area contributed by atoms with Crippen LogP contribution in [0.15, 0.2) is 45.3 Å². The van der Waals surface area contributed by atoms with Gasteiger partial charge in [0, 0.05) is 8.95 Å². The van der Waals surface area contributed by atoms with Gasteiger partial charge in [-0.05, 0) is 91.8 Å². The Morgan fingerprint density at radius 2 is 1.27 bits per heavy atom. The first-order valence-corrected chi connectivity index (χ1v) is 13.4. The van der Waals surface area contributed by atoms with Crippen molar-refractivity contribution in [2.75, 3.05) is 13.2 Å². The number of hydrogen-bond acceptors (Lipinski definition) is 6. The van der Waals surface area contributed by atoms with Crippen LogP contribution in [0.1, 0.15) is 71.3 Å². The van der Waals surface area contributed by atoms with Gasteiger partial charge in [-0.2, -0.15) is 5.26 Å². The van der Waals surface area contributed by atoms with E-state index in [1.807, 2.05) is 61.5 Å². The van der Waals surface area contributed by atoms with Crippen LogP contribution >= 0.6 is 31.9 Å². The van der Waals surface area contributed by atoms with E-state index in [9.17, 15) is 4.79 Å². The molecule has 0 fully saturated rings. The first-order chi connectivity index (χ1) is 17.0. The maximum absolute atomic E-state index is 10.9. The maximum atomic E-state index is 10.9. The summed E-state index contributed by atoms with van der Waals surface area (Å²) in [6, 6.07) is 12.2. The summed E-state index contributed by atoms with van der Waals surface area (Å²) in [5, 5.41) is 17.9. The molecule has 2 atom stereocenters. The highest BCUT2D eigenvalue weighted by Gasteiger charge is 2.15. The van der Waals surface area contributed by atoms with Crippen molar-refractivity contribution in [2.24, 2.45) is 0 Å². The highest BCUT2D eigenvalue weighted by molar-refractivity contribution is 9.10. The Balaban J connectivity index is 0.000000371. The molecule has 2 aromatic carbocycles. The van der Waals surface area contributed by atoms with Crippen molar-refractivity contribution in [3.8, 4) is 17.6 Å². The molecule has 9 heteroatoms. The lowest BCUT2D eigenvalue weighted by Crippen LogP contribution is -2.27. The van der Waals surface area contributed by atoms with E-state index in [2.05, 4.69) is 37.9 Å². The standard InChI is InChI=1S/C14H18BrNO2.C14H19BrO4/c1-10(9-17-14(2,3)4)18-13-6-11(8-16)5-12(15)7-13;1-9(8-18-14(2,3)4)19-12-6-10(13(16)17)5-11(15)7-12/h5-7,10H,9H2,1-4H3;5-7,9H,8H2,1-4H3,(H,16,17)/t10-;9-/m00/s1. The summed E-state index contributed by atoms with van der Waals surface area (Å²) in [7, 11) is 0. The summed E-state index contributed by atoms with van der Waals surface area (Å²) in [4.78, 5) is 10.9. The molecule has 0 saturated heterocycles. The fraction of sp³-hybridized carbons (Fsp3) is 0.500. The van der Waals surface area contributed by atoms with Crippen LogP contribution in [0.3, 0.4) is 0 Å². The molecule has 1 N–H and O–H groups in total. The summed E-state index contributed by atoms with van der Waals surface area (Å²) in [6.07, 6.45) is -0.222. The maximum Gasteiger partial charge on any atom is 0.335 e. The number of nitrogens with zero attached hydrogens (tertiary/aromatic N) is 1. The Labute approximate surface area is 237 Å². The quantitative estimate of drug-likeness (QED) is 0.300. The number of ether oxygens (including phenoxy) is 4. The van der Waals surface area contributed by atoms with Gasteiger partial charge < -0.3 is 24.1 Å². The van der Waals surface area contributed by atoms with Gasteiger partial charge >= 0.3 is 5.97 Å². The SMILES string of the molecule is C[C@@H](COC(C)(C)C)Oc1cc(Br)cc(C#N)c1.C[C@@H](COC(C)(C)C)Oc1cc(Br)cc(C(=O)O)c1. The van der Waals surface area contributed by atoms with Crippen LogP contribution in [0, 0.1) is 11.3 Å². The second-order valence-corrected chi connectivity index (χ2v) is 12.3. The Hall–Kier alpha value is -2.12. The molecule has 0 bridgehead atoms. The van der Waals surface area contributed by atoms with E-state index in [0.717, 1.165) is 4.47 Å². The van der Waals surface area contributed by atoms with Crippen LogP contribution in [-0.2, 0) is 9.47 Å². The van der Waals surface area contributed by atoms with Crippen molar-refractivity contribution >= 4 is 37.8 Å². The predicted molar refractivity (Wildman–Crippen MR) is 152 cm³/mol. The number of carboxylic acids is 1. The topological polar surface area (TPSA) is 98.0 Å². The van der Waals surface area contributed by atoms with E-state index in [1.165, 1.54) is 12.1 Å². The number of nitriles is 1. The van der Waals surface area contributed by atoms with Gasteiger partial charge in [-0.15, -0.1) is 0 Å². The first-order valence-electron chi connectivity index (χ1n) is 11.8. The third-order valence-electron chi connectivity index (χ3n) is 4.30. The summed E-state index contributed by atoms with van der Waals surface area (Å²) < 4.78 is 24.2. The lowest BCUT2D eigenvalue weighted by molar-refractivity contribution is -0.0375. The summed E-state index contributed by atoms with van der Waals surface area (Å²) in [6.45, 7) is 16.7. The molecule has 2 rings (SSSR count). The molecule has 0 amide bonds. The van der Waals surface area contributed by atoms with Gasteiger partial charge in [-0.3, -0.25) is 0 Å². The van der Waals surface area contributed by atoms with Crippen molar-refractivity contribution in [1.29, 1.82) is 5.26 Å². The molecule has 204 valence electrons. The number of hydrogen-bond donors (Lipinski definition) is 1. The Morgan fingerprint density at radius 1 is 0.838 bits per heavy atom. The molecule has 0 aliphatic carbocycles. The molecule has 0 radical (unpaired) electrons. The van der Waals surface area contributed by atoms with E-state index < -0.39 is 5.97 Å². The number of benzene rings is 2. The van der Waals surface area contributed by atoms with Crippen LogP contribution in [0.5, 0.6) is 11.5 Å². The van der Waals surface area contributed by atoms with Crippen LogP contribution in [-0.4, -0.2) is 47.7 Å². The van der Waals surface area contributed by atoms with Crippen LogP contribution in [0.2, 0.25) is 0 Å². The molecule has 0 aromatic heterocycles. The smallest absolute Gasteiger partial charge is 0.335 e. The fourth-order valence-corrected chi connectivity index (χ4v) is 3.66. The lowest BCUT2D eigenvalue weighted by atomic mass is 10.2. The highest BCUT2D eigenvalue weighted by atomic mass is 79.9. The van der Waals surface area contributed by atoms with Gasteiger partial charge in [-0.25, -0.2) is 4.79 Å². The van der Waals surface area contributed by atoms with Crippen molar-refractivity contribution < 1.29 is 28.8 Å². The number of halogens is 2.